The topological polar surface area (TPSA) is 89.4 Å². The molecule has 0 aliphatic rings. The molecule has 34 heavy (non-hydrogen) atoms. The lowest BCUT2D eigenvalue weighted by Crippen LogP contribution is -2.24. The molecule has 4 rings (SSSR count). The van der Waals surface area contributed by atoms with Crippen molar-refractivity contribution in [2.75, 3.05) is 5.32 Å². The Kier molecular flexibility index (Phi) is 6.84. The minimum absolute atomic E-state index is 0.208. The summed E-state index contributed by atoms with van der Waals surface area (Å²) in [5.41, 5.74) is 3.21. The highest BCUT2D eigenvalue weighted by Gasteiger charge is 2.12. The Morgan fingerprint density at radius 1 is 0.794 bits per heavy atom. The number of ether oxygens (including phenoxy) is 1. The lowest BCUT2D eigenvalue weighted by molar-refractivity contribution is -0.131. The van der Waals surface area contributed by atoms with Crippen LogP contribution in [0.4, 0.5) is 5.69 Å². The van der Waals surface area contributed by atoms with Gasteiger partial charge in [0.15, 0.2) is 0 Å². The molecular formula is C27H23N3O4. The van der Waals surface area contributed by atoms with Gasteiger partial charge < -0.3 is 19.9 Å². The normalized spacial score (nSPS) is 10.4. The first kappa shape index (κ1) is 22.5. The number of aromatic nitrogens is 1. The number of nitrogens with zero attached hydrogens (tertiary/aromatic N) is 1. The van der Waals surface area contributed by atoms with E-state index in [1.807, 2.05) is 59.4 Å². The van der Waals surface area contributed by atoms with Gasteiger partial charge in [0, 0.05) is 48.4 Å². The molecule has 0 unspecified atom stereocenters. The molecule has 0 saturated carbocycles. The summed E-state index contributed by atoms with van der Waals surface area (Å²) in [5, 5.41) is 5.76. The molecular weight excluding hydrogens is 430 g/mol. The highest BCUT2D eigenvalue weighted by molar-refractivity contribution is 6.04. The molecule has 0 fully saturated rings. The molecule has 7 nitrogen and oxygen atoms in total. The number of esters is 1. The standard InChI is InChI=1S/C27H23N3O4/c1-19(31)34-24-9-6-8-21(17-24)26(32)28-18-22-7-2-3-10-25(22)29-27(33)20-11-13-23(14-12-20)30-15-4-5-16-30/h2-17H,18H2,1H3,(H,28,32)(H,29,33). The van der Waals surface area contributed by atoms with Crippen LogP contribution in [0.1, 0.15) is 33.2 Å². The second kappa shape index (κ2) is 10.3. The van der Waals surface area contributed by atoms with Crippen molar-refractivity contribution >= 4 is 23.5 Å². The van der Waals surface area contributed by atoms with E-state index in [1.165, 1.54) is 13.0 Å². The van der Waals surface area contributed by atoms with Crippen molar-refractivity contribution in [1.82, 2.24) is 9.88 Å². The number of nitrogens with one attached hydrogen (secondary N) is 2. The molecule has 0 radical (unpaired) electrons. The van der Waals surface area contributed by atoms with Crippen LogP contribution in [0.5, 0.6) is 5.75 Å². The van der Waals surface area contributed by atoms with Crippen molar-refractivity contribution in [1.29, 1.82) is 0 Å². The lowest BCUT2D eigenvalue weighted by atomic mass is 10.1. The zero-order valence-electron chi connectivity index (χ0n) is 18.5. The third-order valence-electron chi connectivity index (χ3n) is 5.09. The van der Waals surface area contributed by atoms with E-state index in [0.717, 1.165) is 11.3 Å². The Labute approximate surface area is 197 Å². The van der Waals surface area contributed by atoms with Gasteiger partial charge in [0.05, 0.1) is 0 Å². The molecule has 1 aromatic heterocycles. The number of benzene rings is 3. The summed E-state index contributed by atoms with van der Waals surface area (Å²) in [6.07, 6.45) is 3.87. The van der Waals surface area contributed by atoms with Crippen LogP contribution in [-0.4, -0.2) is 22.4 Å². The summed E-state index contributed by atoms with van der Waals surface area (Å²) in [7, 11) is 0. The van der Waals surface area contributed by atoms with Crippen LogP contribution in [0.3, 0.4) is 0 Å². The van der Waals surface area contributed by atoms with Gasteiger partial charge >= 0.3 is 5.97 Å². The predicted octanol–water partition coefficient (Wildman–Crippen LogP) is 4.58. The smallest absolute Gasteiger partial charge is 0.308 e. The molecule has 4 aromatic rings. The number of para-hydroxylation sites is 1. The largest absolute Gasteiger partial charge is 0.427 e. The average molecular weight is 453 g/mol. The first-order chi connectivity index (χ1) is 16.5. The summed E-state index contributed by atoms with van der Waals surface area (Å²) in [5.74, 6) is -0.722. The predicted molar refractivity (Wildman–Crippen MR) is 129 cm³/mol. The fourth-order valence-corrected chi connectivity index (χ4v) is 3.43. The van der Waals surface area contributed by atoms with Crippen LogP contribution < -0.4 is 15.4 Å². The molecule has 0 saturated heterocycles. The number of hydrogen-bond donors (Lipinski definition) is 2. The average Bonchev–Trinajstić information content (AvgIpc) is 3.38. The maximum atomic E-state index is 12.8. The molecule has 0 spiro atoms. The number of amides is 2. The molecule has 2 amide bonds. The van der Waals surface area contributed by atoms with Gasteiger partial charge in [0.2, 0.25) is 0 Å². The summed E-state index contributed by atoms with van der Waals surface area (Å²) in [6.45, 7) is 1.51. The second-order valence-electron chi connectivity index (χ2n) is 7.55. The third-order valence-corrected chi connectivity index (χ3v) is 5.09. The summed E-state index contributed by atoms with van der Waals surface area (Å²) < 4.78 is 6.99. The quantitative estimate of drug-likeness (QED) is 0.317. The lowest BCUT2D eigenvalue weighted by Gasteiger charge is -2.13. The van der Waals surface area contributed by atoms with Crippen LogP contribution in [0, 0.1) is 0 Å². The monoisotopic (exact) mass is 453 g/mol. The minimum Gasteiger partial charge on any atom is -0.427 e. The van der Waals surface area contributed by atoms with E-state index >= 15 is 0 Å². The third kappa shape index (κ3) is 5.58. The minimum atomic E-state index is -0.457. The van der Waals surface area contributed by atoms with Gasteiger partial charge in [0.25, 0.3) is 11.8 Å². The Morgan fingerprint density at radius 2 is 1.53 bits per heavy atom. The van der Waals surface area contributed by atoms with Crippen LogP contribution in [-0.2, 0) is 11.3 Å². The van der Waals surface area contributed by atoms with Crippen molar-refractivity contribution < 1.29 is 19.1 Å². The molecule has 0 aliphatic carbocycles. The SMILES string of the molecule is CC(=O)Oc1cccc(C(=O)NCc2ccccc2NC(=O)c2ccc(-n3cccc3)cc2)c1. The molecule has 2 N–H and O–H groups in total. The van der Waals surface area contributed by atoms with Crippen molar-refractivity contribution in [2.24, 2.45) is 0 Å². The summed E-state index contributed by atoms with van der Waals surface area (Å²) >= 11 is 0. The summed E-state index contributed by atoms with van der Waals surface area (Å²) in [4.78, 5) is 36.5. The van der Waals surface area contributed by atoms with E-state index in [1.54, 1.807) is 36.4 Å². The zero-order valence-corrected chi connectivity index (χ0v) is 18.5. The van der Waals surface area contributed by atoms with Crippen LogP contribution in [0.2, 0.25) is 0 Å². The molecule has 7 heteroatoms. The summed E-state index contributed by atoms with van der Waals surface area (Å²) in [6, 6.07) is 24.8. The number of anilines is 1. The first-order valence-electron chi connectivity index (χ1n) is 10.7. The Hall–Kier alpha value is -4.65. The molecule has 0 bridgehead atoms. The number of rotatable bonds is 7. The van der Waals surface area contributed by atoms with Crippen molar-refractivity contribution in [3.8, 4) is 11.4 Å². The van der Waals surface area contributed by atoms with E-state index in [-0.39, 0.29) is 18.4 Å². The van der Waals surface area contributed by atoms with Crippen LogP contribution in [0.25, 0.3) is 5.69 Å². The Morgan fingerprint density at radius 3 is 2.26 bits per heavy atom. The Balaban J connectivity index is 1.41. The van der Waals surface area contributed by atoms with E-state index in [4.69, 9.17) is 4.74 Å². The highest BCUT2D eigenvalue weighted by atomic mass is 16.5. The first-order valence-corrected chi connectivity index (χ1v) is 10.7. The van der Waals surface area contributed by atoms with E-state index in [0.29, 0.717) is 22.6 Å². The fraction of sp³-hybridized carbons (Fsp3) is 0.0741. The number of carbonyl (C=O) groups excluding carboxylic acids is 3. The second-order valence-corrected chi connectivity index (χ2v) is 7.55. The van der Waals surface area contributed by atoms with Gasteiger partial charge in [-0.3, -0.25) is 14.4 Å². The van der Waals surface area contributed by atoms with E-state index < -0.39 is 5.97 Å². The molecule has 3 aromatic carbocycles. The maximum absolute atomic E-state index is 12.8. The molecule has 170 valence electrons. The van der Waals surface area contributed by atoms with Crippen molar-refractivity contribution in [2.45, 2.75) is 13.5 Å². The van der Waals surface area contributed by atoms with Crippen molar-refractivity contribution in [3.05, 3.63) is 114 Å². The maximum Gasteiger partial charge on any atom is 0.308 e. The van der Waals surface area contributed by atoms with Crippen LogP contribution in [0.15, 0.2) is 97.3 Å². The number of hydrogen-bond acceptors (Lipinski definition) is 4. The highest BCUT2D eigenvalue weighted by Crippen LogP contribution is 2.18. The van der Waals surface area contributed by atoms with Gasteiger partial charge in [-0.05, 0) is 66.2 Å². The fourth-order valence-electron chi connectivity index (χ4n) is 3.43. The van der Waals surface area contributed by atoms with Gasteiger partial charge in [-0.2, -0.15) is 0 Å². The van der Waals surface area contributed by atoms with Crippen molar-refractivity contribution in [3.63, 3.8) is 0 Å². The van der Waals surface area contributed by atoms with E-state index in [2.05, 4.69) is 10.6 Å². The van der Waals surface area contributed by atoms with Crippen LogP contribution >= 0.6 is 0 Å². The number of carbonyl (C=O) groups is 3. The van der Waals surface area contributed by atoms with E-state index in [9.17, 15) is 14.4 Å². The van der Waals surface area contributed by atoms with Gasteiger partial charge in [0.1, 0.15) is 5.75 Å². The molecule has 0 atom stereocenters. The zero-order chi connectivity index (χ0) is 23.9. The van der Waals surface area contributed by atoms with Gasteiger partial charge in [-0.15, -0.1) is 0 Å². The van der Waals surface area contributed by atoms with Gasteiger partial charge in [-0.25, -0.2) is 0 Å². The Bertz CT molecular complexity index is 1310. The molecule has 1 heterocycles. The van der Waals surface area contributed by atoms with Gasteiger partial charge in [-0.1, -0.05) is 24.3 Å². The molecule has 0 aliphatic heterocycles.